The number of para-hydroxylation sites is 1. The van der Waals surface area contributed by atoms with Gasteiger partial charge in [0.25, 0.3) is 0 Å². The van der Waals surface area contributed by atoms with Crippen LogP contribution in [0.1, 0.15) is 109 Å². The second kappa shape index (κ2) is 24.1. The molecule has 1 fully saturated rings. The fraction of sp³-hybridized carbons (Fsp3) is 0.472. The molecule has 4 atom stereocenters. The van der Waals surface area contributed by atoms with Gasteiger partial charge < -0.3 is 56.4 Å². The number of hydrogen-bond donors (Lipinski definition) is 7. The smallest absolute Gasteiger partial charge is 0.407 e. The van der Waals surface area contributed by atoms with Crippen molar-refractivity contribution in [2.24, 2.45) is 5.73 Å². The molecule has 72 heavy (non-hydrogen) atoms. The summed E-state index contributed by atoms with van der Waals surface area (Å²) >= 11 is 0. The van der Waals surface area contributed by atoms with Gasteiger partial charge in [0.2, 0.25) is 29.5 Å². The molecule has 3 aromatic carbocycles. The molecule has 1 aromatic heterocycles. The summed E-state index contributed by atoms with van der Waals surface area (Å²) in [6.07, 6.45) is 1.17. The summed E-state index contributed by atoms with van der Waals surface area (Å²) in [6, 6.07) is 18.2. The molecule has 7 amide bonds. The van der Waals surface area contributed by atoms with Crippen molar-refractivity contribution in [3.63, 3.8) is 0 Å². The van der Waals surface area contributed by atoms with Crippen LogP contribution in [0.25, 0.3) is 22.0 Å². The first-order valence-corrected chi connectivity index (χ1v) is 24.5. The van der Waals surface area contributed by atoms with Crippen LogP contribution in [0.15, 0.2) is 79.0 Å². The second-order valence-corrected chi connectivity index (χ2v) is 20.1. The zero-order valence-electron chi connectivity index (χ0n) is 41.9. The number of primary amides is 1. The minimum atomic E-state index is -1.40. The average Bonchev–Trinajstić information content (AvgIpc) is 4.06. The molecule has 0 spiro atoms. The molecular formula is C53H68N8O11. The van der Waals surface area contributed by atoms with Crippen molar-refractivity contribution in [3.05, 3.63) is 95.7 Å². The van der Waals surface area contributed by atoms with E-state index in [0.29, 0.717) is 31.2 Å². The van der Waals surface area contributed by atoms with Crippen molar-refractivity contribution >= 4 is 58.6 Å². The Labute approximate surface area is 419 Å². The predicted molar refractivity (Wildman–Crippen MR) is 268 cm³/mol. The highest BCUT2D eigenvalue weighted by Crippen LogP contribution is 2.44. The van der Waals surface area contributed by atoms with Crippen LogP contribution in [0.4, 0.5) is 9.59 Å². The third-order valence-corrected chi connectivity index (χ3v) is 12.2. The van der Waals surface area contributed by atoms with E-state index in [9.17, 15) is 38.4 Å². The highest BCUT2D eigenvalue weighted by molar-refractivity contribution is 5.97. The number of benzene rings is 3. The average molecular weight is 993 g/mol. The highest BCUT2D eigenvalue weighted by Gasteiger charge is 2.39. The van der Waals surface area contributed by atoms with Gasteiger partial charge >= 0.3 is 18.2 Å². The van der Waals surface area contributed by atoms with Crippen molar-refractivity contribution in [1.82, 2.24) is 36.5 Å². The van der Waals surface area contributed by atoms with Gasteiger partial charge in [-0.25, -0.2) is 9.59 Å². The molecule has 4 aromatic rings. The topological polar surface area (TPSA) is 269 Å². The SMILES string of the molecule is CC(C)(C)OC(=O)CC[C@H](NC(=O)OCC1c2ccccc2-c2ccccc21)C(=O)N[C@H](Cc1c[nH]c2ccccc12)C(=O)N[C@@H](CCCCNC(=O)OC(C)(C)C)C(=O)N1CCC[C@@H]1C(=O)NCC(N)=O. The van der Waals surface area contributed by atoms with Gasteiger partial charge in [-0.2, -0.15) is 0 Å². The zero-order chi connectivity index (χ0) is 52.2. The van der Waals surface area contributed by atoms with Crippen LogP contribution in [0, 0.1) is 0 Å². The van der Waals surface area contributed by atoms with Gasteiger partial charge in [-0.1, -0.05) is 66.7 Å². The summed E-state index contributed by atoms with van der Waals surface area (Å²) in [5.41, 5.74) is 9.18. The molecule has 2 aliphatic rings. The molecule has 8 N–H and O–H groups in total. The Hall–Kier alpha value is -7.44. The van der Waals surface area contributed by atoms with E-state index >= 15 is 0 Å². The number of nitrogens with zero attached hydrogens (tertiary/aromatic N) is 1. The predicted octanol–water partition coefficient (Wildman–Crippen LogP) is 5.00. The molecule has 19 heteroatoms. The molecule has 0 radical (unpaired) electrons. The number of hydrogen-bond acceptors (Lipinski definition) is 11. The molecule has 1 saturated heterocycles. The first-order chi connectivity index (χ1) is 34.2. The first kappa shape index (κ1) is 53.9. The Morgan fingerprint density at radius 3 is 2.01 bits per heavy atom. The Kier molecular flexibility index (Phi) is 18.1. The third-order valence-electron chi connectivity index (χ3n) is 12.2. The van der Waals surface area contributed by atoms with Crippen molar-refractivity contribution in [2.75, 3.05) is 26.2 Å². The fourth-order valence-corrected chi connectivity index (χ4v) is 9.01. The highest BCUT2D eigenvalue weighted by atomic mass is 16.6. The van der Waals surface area contributed by atoms with Crippen molar-refractivity contribution in [1.29, 1.82) is 0 Å². The maximum absolute atomic E-state index is 14.8. The van der Waals surface area contributed by atoms with Gasteiger partial charge in [0.15, 0.2) is 0 Å². The molecule has 386 valence electrons. The lowest BCUT2D eigenvalue weighted by atomic mass is 9.98. The molecule has 6 rings (SSSR count). The number of carbonyl (C=O) groups excluding carboxylic acids is 8. The van der Waals surface area contributed by atoms with E-state index in [1.807, 2.05) is 72.8 Å². The van der Waals surface area contributed by atoms with Gasteiger partial charge in [0, 0.05) is 48.9 Å². The summed E-state index contributed by atoms with van der Waals surface area (Å²) < 4.78 is 16.7. The number of rotatable bonds is 21. The molecule has 1 aliphatic carbocycles. The molecule has 0 bridgehead atoms. The fourth-order valence-electron chi connectivity index (χ4n) is 9.01. The first-order valence-electron chi connectivity index (χ1n) is 24.5. The van der Waals surface area contributed by atoms with Crippen LogP contribution < -0.4 is 32.3 Å². The molecule has 0 saturated carbocycles. The van der Waals surface area contributed by atoms with E-state index in [-0.39, 0.29) is 51.3 Å². The third kappa shape index (κ3) is 15.0. The van der Waals surface area contributed by atoms with Gasteiger partial charge in [-0.3, -0.25) is 28.8 Å². The number of likely N-dealkylation sites (tertiary alicyclic amines) is 1. The Morgan fingerprint density at radius 1 is 0.722 bits per heavy atom. The quantitative estimate of drug-likeness (QED) is 0.0332. The Balaban J connectivity index is 1.24. The summed E-state index contributed by atoms with van der Waals surface area (Å²) in [6.45, 7) is 10.3. The van der Waals surface area contributed by atoms with Gasteiger partial charge in [0.05, 0.1) is 6.54 Å². The van der Waals surface area contributed by atoms with Gasteiger partial charge in [-0.15, -0.1) is 0 Å². The number of unbranched alkanes of at least 4 members (excludes halogenated alkanes) is 1. The number of amides is 7. The summed E-state index contributed by atoms with van der Waals surface area (Å²) in [7, 11) is 0. The van der Waals surface area contributed by atoms with Crippen LogP contribution in [0.2, 0.25) is 0 Å². The minimum absolute atomic E-state index is 0.0526. The van der Waals surface area contributed by atoms with Crippen LogP contribution in [-0.2, 0) is 49.4 Å². The lowest BCUT2D eigenvalue weighted by Crippen LogP contribution is -2.58. The van der Waals surface area contributed by atoms with E-state index < -0.39 is 89.6 Å². The van der Waals surface area contributed by atoms with Crippen LogP contribution in [-0.4, -0.2) is 119 Å². The van der Waals surface area contributed by atoms with Gasteiger partial charge in [0.1, 0.15) is 42.0 Å². The number of fused-ring (bicyclic) bond motifs is 4. The number of carbonyl (C=O) groups is 8. The molecule has 1 aliphatic heterocycles. The zero-order valence-corrected chi connectivity index (χ0v) is 41.9. The monoisotopic (exact) mass is 993 g/mol. The normalized spacial score (nSPS) is 15.5. The number of nitrogens with two attached hydrogens (primary N) is 1. The van der Waals surface area contributed by atoms with Crippen LogP contribution >= 0.6 is 0 Å². The number of nitrogens with one attached hydrogen (secondary N) is 6. The largest absolute Gasteiger partial charge is 0.460 e. The maximum Gasteiger partial charge on any atom is 0.407 e. The number of aromatic nitrogens is 1. The van der Waals surface area contributed by atoms with E-state index in [4.69, 9.17) is 19.9 Å². The van der Waals surface area contributed by atoms with E-state index in [2.05, 4.69) is 31.6 Å². The number of aromatic amines is 1. The summed E-state index contributed by atoms with van der Waals surface area (Å²) in [4.78, 5) is 112. The Morgan fingerprint density at radius 2 is 1.35 bits per heavy atom. The molecule has 2 heterocycles. The maximum atomic E-state index is 14.8. The van der Waals surface area contributed by atoms with Gasteiger partial charge in [-0.05, 0) is 114 Å². The standard InChI is InChI=1S/C53H68N8O11/c1-52(2,3)71-45(63)25-24-40(60-51(69)70-31-38-36-19-9-7-17-34(36)35-18-8-10-20-37(35)38)46(64)59-42(28-32-29-56-39-21-12-11-16-33(32)39)47(65)58-41(22-13-14-26-55-50(68)72-53(4,5)6)49(67)61-27-15-23-43(61)48(66)57-30-44(54)62/h7-12,16-21,29,38,40-43,56H,13-15,22-28,30-31H2,1-6H3,(H2,54,62)(H,55,68)(H,57,66)(H,58,65)(H,59,64)(H,60,69)/t40-,41-,42+,43+/m0/s1. The minimum Gasteiger partial charge on any atom is -0.460 e. The molecular weight excluding hydrogens is 925 g/mol. The second-order valence-electron chi connectivity index (χ2n) is 20.1. The summed E-state index contributed by atoms with van der Waals surface area (Å²) in [5, 5.41) is 14.3. The number of alkyl carbamates (subject to hydrolysis) is 2. The van der Waals surface area contributed by atoms with Crippen molar-refractivity contribution in [2.45, 2.75) is 134 Å². The lowest BCUT2D eigenvalue weighted by Gasteiger charge is -2.30. The summed E-state index contributed by atoms with van der Waals surface area (Å²) in [5.74, 6) is -4.35. The van der Waals surface area contributed by atoms with Crippen molar-refractivity contribution in [3.8, 4) is 11.1 Å². The van der Waals surface area contributed by atoms with Crippen molar-refractivity contribution < 1.29 is 52.6 Å². The van der Waals surface area contributed by atoms with Crippen LogP contribution in [0.5, 0.6) is 0 Å². The van der Waals surface area contributed by atoms with Crippen LogP contribution in [0.3, 0.4) is 0 Å². The number of ether oxygens (including phenoxy) is 3. The number of H-pyrrole nitrogens is 1. The Bertz CT molecular complexity index is 2570. The number of esters is 1. The lowest BCUT2D eigenvalue weighted by molar-refractivity contribution is -0.155. The van der Waals surface area contributed by atoms with E-state index in [0.717, 1.165) is 33.2 Å². The molecule has 0 unspecified atom stereocenters. The van der Waals surface area contributed by atoms with E-state index in [1.54, 1.807) is 47.7 Å². The molecule has 19 nitrogen and oxygen atoms in total. The van der Waals surface area contributed by atoms with E-state index in [1.165, 1.54) is 4.90 Å².